The highest BCUT2D eigenvalue weighted by molar-refractivity contribution is 9.10. The average molecular weight is 457 g/mol. The summed E-state index contributed by atoms with van der Waals surface area (Å²) < 4.78 is 14.1. The standard InChI is InChI=1S/C22H21BrN2O4/c1-14(15-3-6-20-21(9-15)29-8-2-7-28-20)24-22(27)12-25-11-16(13-26)18-10-17(23)4-5-19(18)25/h3-6,9-11,13-14H,2,7-8,12H2,1H3,(H,24,27)/t14-/m1/s1. The van der Waals surface area contributed by atoms with Crippen LogP contribution >= 0.6 is 15.9 Å². The van der Waals surface area contributed by atoms with Gasteiger partial charge in [-0.2, -0.15) is 0 Å². The Kier molecular flexibility index (Phi) is 5.58. The molecule has 6 nitrogen and oxygen atoms in total. The minimum absolute atomic E-state index is 0.126. The molecule has 0 fully saturated rings. The monoisotopic (exact) mass is 456 g/mol. The van der Waals surface area contributed by atoms with Gasteiger partial charge in [0, 0.05) is 33.6 Å². The van der Waals surface area contributed by atoms with Crippen molar-refractivity contribution in [3.63, 3.8) is 0 Å². The Morgan fingerprint density at radius 1 is 1.21 bits per heavy atom. The predicted molar refractivity (Wildman–Crippen MR) is 114 cm³/mol. The first-order chi connectivity index (χ1) is 14.0. The summed E-state index contributed by atoms with van der Waals surface area (Å²) in [5.41, 5.74) is 2.34. The molecule has 0 saturated heterocycles. The van der Waals surface area contributed by atoms with Crippen LogP contribution in [0.4, 0.5) is 0 Å². The number of aromatic nitrogens is 1. The molecule has 29 heavy (non-hydrogen) atoms. The van der Waals surface area contributed by atoms with Crippen molar-refractivity contribution in [1.29, 1.82) is 0 Å². The number of carbonyl (C=O) groups excluding carboxylic acids is 2. The number of halogens is 1. The van der Waals surface area contributed by atoms with E-state index in [1.165, 1.54) is 0 Å². The van der Waals surface area contributed by atoms with Crippen molar-refractivity contribution in [1.82, 2.24) is 9.88 Å². The van der Waals surface area contributed by atoms with Crippen LogP contribution < -0.4 is 14.8 Å². The summed E-state index contributed by atoms with van der Waals surface area (Å²) in [6.07, 6.45) is 3.37. The number of nitrogens with one attached hydrogen (secondary N) is 1. The van der Waals surface area contributed by atoms with Gasteiger partial charge in [0.2, 0.25) is 5.91 Å². The molecule has 0 bridgehead atoms. The largest absolute Gasteiger partial charge is 0.490 e. The lowest BCUT2D eigenvalue weighted by Crippen LogP contribution is -2.29. The zero-order valence-electron chi connectivity index (χ0n) is 16.0. The molecule has 0 spiro atoms. The van der Waals surface area contributed by atoms with Gasteiger partial charge in [-0.15, -0.1) is 0 Å². The number of carbonyl (C=O) groups is 2. The molecule has 1 N–H and O–H groups in total. The number of nitrogens with zero attached hydrogens (tertiary/aromatic N) is 1. The van der Waals surface area contributed by atoms with Gasteiger partial charge in [0.25, 0.3) is 0 Å². The lowest BCUT2D eigenvalue weighted by molar-refractivity contribution is -0.122. The summed E-state index contributed by atoms with van der Waals surface area (Å²) in [5.74, 6) is 1.30. The molecular formula is C22H21BrN2O4. The lowest BCUT2D eigenvalue weighted by Gasteiger charge is -2.17. The third kappa shape index (κ3) is 4.15. The SMILES string of the molecule is C[C@@H](NC(=O)Cn1cc(C=O)c2cc(Br)ccc21)c1ccc2c(c1)OCCCO2. The highest BCUT2D eigenvalue weighted by atomic mass is 79.9. The van der Waals surface area contributed by atoms with Crippen LogP contribution in [0.5, 0.6) is 11.5 Å². The smallest absolute Gasteiger partial charge is 0.240 e. The molecule has 7 heteroatoms. The average Bonchev–Trinajstić information content (AvgIpc) is 2.88. The van der Waals surface area contributed by atoms with Crippen LogP contribution in [0, 0.1) is 0 Å². The van der Waals surface area contributed by atoms with E-state index in [4.69, 9.17) is 9.47 Å². The Bertz CT molecular complexity index is 1080. The van der Waals surface area contributed by atoms with E-state index in [1.54, 1.807) is 10.8 Å². The second kappa shape index (κ2) is 8.29. The molecule has 1 aliphatic heterocycles. The third-order valence-electron chi connectivity index (χ3n) is 4.96. The second-order valence-electron chi connectivity index (χ2n) is 7.04. The summed E-state index contributed by atoms with van der Waals surface area (Å²) in [6, 6.07) is 11.2. The number of rotatable bonds is 5. The second-order valence-corrected chi connectivity index (χ2v) is 7.95. The first-order valence-corrected chi connectivity index (χ1v) is 10.3. The van der Waals surface area contributed by atoms with E-state index in [9.17, 15) is 9.59 Å². The molecule has 0 saturated carbocycles. The van der Waals surface area contributed by atoms with Gasteiger partial charge in [-0.05, 0) is 42.8 Å². The minimum atomic E-state index is -0.193. The van der Waals surface area contributed by atoms with Gasteiger partial charge in [0.1, 0.15) is 6.54 Å². The van der Waals surface area contributed by atoms with Crippen LogP contribution in [-0.4, -0.2) is 30.0 Å². The Morgan fingerprint density at radius 2 is 2.00 bits per heavy atom. The number of hydrogen-bond donors (Lipinski definition) is 1. The summed E-state index contributed by atoms with van der Waals surface area (Å²) >= 11 is 3.42. The van der Waals surface area contributed by atoms with Gasteiger partial charge in [-0.3, -0.25) is 9.59 Å². The van der Waals surface area contributed by atoms with Crippen LogP contribution in [0.2, 0.25) is 0 Å². The minimum Gasteiger partial charge on any atom is -0.490 e. The number of fused-ring (bicyclic) bond motifs is 2. The molecule has 0 unspecified atom stereocenters. The van der Waals surface area contributed by atoms with Crippen LogP contribution in [0.1, 0.15) is 35.3 Å². The van der Waals surface area contributed by atoms with Gasteiger partial charge in [-0.1, -0.05) is 22.0 Å². The predicted octanol–water partition coefficient (Wildman–Crippen LogP) is 4.26. The molecule has 1 aliphatic rings. The fourth-order valence-corrected chi connectivity index (χ4v) is 3.86. The quantitative estimate of drug-likeness (QED) is 0.582. The third-order valence-corrected chi connectivity index (χ3v) is 5.46. The number of ether oxygens (including phenoxy) is 2. The van der Waals surface area contributed by atoms with Crippen molar-refractivity contribution in [2.24, 2.45) is 0 Å². The Balaban J connectivity index is 1.49. The maximum Gasteiger partial charge on any atom is 0.240 e. The maximum atomic E-state index is 12.7. The molecule has 0 aliphatic carbocycles. The lowest BCUT2D eigenvalue weighted by atomic mass is 10.1. The number of amides is 1. The van der Waals surface area contributed by atoms with Crippen molar-refractivity contribution in [2.45, 2.75) is 25.9 Å². The zero-order chi connectivity index (χ0) is 20.4. The zero-order valence-corrected chi connectivity index (χ0v) is 17.6. The molecule has 4 rings (SSSR count). The molecule has 2 aromatic carbocycles. The molecule has 150 valence electrons. The molecule has 1 aromatic heterocycles. The fraction of sp³-hybridized carbons (Fsp3) is 0.273. The van der Waals surface area contributed by atoms with Crippen LogP contribution in [0.15, 0.2) is 47.1 Å². The highest BCUT2D eigenvalue weighted by Crippen LogP contribution is 2.32. The van der Waals surface area contributed by atoms with E-state index >= 15 is 0 Å². The Morgan fingerprint density at radius 3 is 2.79 bits per heavy atom. The molecule has 1 amide bonds. The van der Waals surface area contributed by atoms with Crippen molar-refractivity contribution in [3.8, 4) is 11.5 Å². The first kappa shape index (κ1) is 19.5. The summed E-state index contributed by atoms with van der Waals surface area (Å²) in [7, 11) is 0. The molecule has 2 heterocycles. The van der Waals surface area contributed by atoms with Crippen LogP contribution in [0.3, 0.4) is 0 Å². The van der Waals surface area contributed by atoms with E-state index in [-0.39, 0.29) is 18.5 Å². The fourth-order valence-electron chi connectivity index (χ4n) is 3.50. The molecular weight excluding hydrogens is 436 g/mol. The normalized spacial score (nSPS) is 14.3. The number of hydrogen-bond acceptors (Lipinski definition) is 4. The van der Waals surface area contributed by atoms with Crippen molar-refractivity contribution < 1.29 is 19.1 Å². The Labute approximate surface area is 176 Å². The Hall–Kier alpha value is -2.80. The molecule has 3 aromatic rings. The number of benzene rings is 2. The van der Waals surface area contributed by atoms with E-state index in [0.29, 0.717) is 24.5 Å². The first-order valence-electron chi connectivity index (χ1n) is 9.47. The summed E-state index contributed by atoms with van der Waals surface area (Å²) in [4.78, 5) is 24.0. The number of aldehydes is 1. The van der Waals surface area contributed by atoms with Gasteiger partial charge >= 0.3 is 0 Å². The van der Waals surface area contributed by atoms with Crippen molar-refractivity contribution >= 4 is 39.0 Å². The van der Waals surface area contributed by atoms with E-state index in [1.807, 2.05) is 43.3 Å². The van der Waals surface area contributed by atoms with E-state index in [0.717, 1.165) is 39.4 Å². The van der Waals surface area contributed by atoms with Gasteiger partial charge in [0.05, 0.1) is 19.3 Å². The van der Waals surface area contributed by atoms with Gasteiger partial charge < -0.3 is 19.4 Å². The highest BCUT2D eigenvalue weighted by Gasteiger charge is 2.16. The van der Waals surface area contributed by atoms with Crippen molar-refractivity contribution in [3.05, 3.63) is 58.2 Å². The van der Waals surface area contributed by atoms with Crippen molar-refractivity contribution in [2.75, 3.05) is 13.2 Å². The van der Waals surface area contributed by atoms with Gasteiger partial charge in [0.15, 0.2) is 17.8 Å². The summed E-state index contributed by atoms with van der Waals surface area (Å²) in [6.45, 7) is 3.32. The van der Waals surface area contributed by atoms with E-state index in [2.05, 4.69) is 21.2 Å². The molecule has 1 atom stereocenters. The summed E-state index contributed by atoms with van der Waals surface area (Å²) in [5, 5.41) is 3.83. The molecule has 0 radical (unpaired) electrons. The van der Waals surface area contributed by atoms with E-state index < -0.39 is 0 Å². The topological polar surface area (TPSA) is 69.6 Å². The van der Waals surface area contributed by atoms with Crippen LogP contribution in [0.25, 0.3) is 10.9 Å². The maximum absolute atomic E-state index is 12.7. The van der Waals surface area contributed by atoms with Gasteiger partial charge in [-0.25, -0.2) is 0 Å². The van der Waals surface area contributed by atoms with Crippen LogP contribution in [-0.2, 0) is 11.3 Å².